The Hall–Kier alpha value is -0.900. The molecule has 12 heavy (non-hydrogen) atoms. The van der Waals surface area contributed by atoms with Gasteiger partial charge in [0.1, 0.15) is 5.78 Å². The Bertz CT molecular complexity index is 168. The first-order valence-electron chi connectivity index (χ1n) is 3.97. The number of carbonyl (C=O) groups excluding carboxylic acids is 2. The first kappa shape index (κ1) is 11.1. The lowest BCUT2D eigenvalue weighted by molar-refractivity contribution is -0.128. The van der Waals surface area contributed by atoms with Gasteiger partial charge < -0.3 is 15.4 Å². The van der Waals surface area contributed by atoms with Crippen LogP contribution in [0.4, 0.5) is 0 Å². The van der Waals surface area contributed by atoms with Crippen molar-refractivity contribution in [1.29, 1.82) is 0 Å². The van der Waals surface area contributed by atoms with Crippen LogP contribution in [0.1, 0.15) is 13.3 Å². The number of ketones is 1. The number of nitrogens with one attached hydrogen (secondary N) is 2. The monoisotopic (exact) mass is 172 g/mol. The first-order chi connectivity index (χ1) is 5.61. The Morgan fingerprint density at radius 1 is 1.33 bits per heavy atom. The molecule has 0 heterocycles. The van der Waals surface area contributed by atoms with Gasteiger partial charge in [-0.1, -0.05) is 0 Å². The second kappa shape index (κ2) is 5.71. The summed E-state index contributed by atoms with van der Waals surface area (Å²) in [7, 11) is 3.33. The Balaban J connectivity index is 4.02. The van der Waals surface area contributed by atoms with Crippen LogP contribution in [0.25, 0.3) is 0 Å². The molecule has 1 amide bonds. The zero-order valence-electron chi connectivity index (χ0n) is 7.81. The predicted octanol–water partition coefficient (Wildman–Crippen LogP) is -0.453. The molecule has 0 saturated heterocycles. The van der Waals surface area contributed by atoms with Crippen molar-refractivity contribution in [1.82, 2.24) is 10.6 Å². The summed E-state index contributed by atoms with van der Waals surface area (Å²) >= 11 is 0. The molecule has 0 aromatic rings. The van der Waals surface area contributed by atoms with Gasteiger partial charge in [0.25, 0.3) is 0 Å². The third kappa shape index (κ3) is 4.08. The summed E-state index contributed by atoms with van der Waals surface area (Å²) < 4.78 is 0. The quantitative estimate of drug-likeness (QED) is 0.590. The van der Waals surface area contributed by atoms with Gasteiger partial charge in [0, 0.05) is 20.0 Å². The van der Waals surface area contributed by atoms with E-state index in [0.29, 0.717) is 13.0 Å². The van der Waals surface area contributed by atoms with Gasteiger partial charge in [0.05, 0.1) is 5.92 Å². The third-order valence-corrected chi connectivity index (χ3v) is 1.60. The molecule has 0 saturated carbocycles. The van der Waals surface area contributed by atoms with Crippen molar-refractivity contribution in [2.45, 2.75) is 13.3 Å². The highest BCUT2D eigenvalue weighted by atomic mass is 16.2. The molecule has 1 unspecified atom stereocenters. The fourth-order valence-electron chi connectivity index (χ4n) is 1.06. The molecule has 0 aliphatic carbocycles. The minimum Gasteiger partial charge on any atom is -0.359 e. The maximum absolute atomic E-state index is 11.1. The normalized spacial score (nSPS) is 12.2. The Labute approximate surface area is 72.7 Å². The van der Waals surface area contributed by atoms with Crippen molar-refractivity contribution in [3.05, 3.63) is 0 Å². The van der Waals surface area contributed by atoms with E-state index in [0.717, 1.165) is 0 Å². The molecule has 2 N–H and O–H groups in total. The molecular formula is C8H16N2O2. The van der Waals surface area contributed by atoms with Crippen molar-refractivity contribution in [3.63, 3.8) is 0 Å². The standard InChI is InChI=1S/C8H16N2O2/c1-6(11)4-7(5-9-2)8(12)10-3/h7,9H,4-5H2,1-3H3,(H,10,12). The first-order valence-corrected chi connectivity index (χ1v) is 3.97. The van der Waals surface area contributed by atoms with Gasteiger partial charge >= 0.3 is 0 Å². The fourth-order valence-corrected chi connectivity index (χ4v) is 1.06. The predicted molar refractivity (Wildman–Crippen MR) is 46.8 cm³/mol. The van der Waals surface area contributed by atoms with E-state index in [-0.39, 0.29) is 17.6 Å². The summed E-state index contributed by atoms with van der Waals surface area (Å²) in [5.41, 5.74) is 0. The lowest BCUT2D eigenvalue weighted by Gasteiger charge is -2.12. The highest BCUT2D eigenvalue weighted by Crippen LogP contribution is 2.02. The van der Waals surface area contributed by atoms with E-state index in [1.165, 1.54) is 6.92 Å². The molecule has 0 aromatic heterocycles. The van der Waals surface area contributed by atoms with E-state index < -0.39 is 0 Å². The molecule has 1 atom stereocenters. The molecule has 0 aliphatic heterocycles. The number of hydrogen-bond donors (Lipinski definition) is 2. The van der Waals surface area contributed by atoms with Gasteiger partial charge in [-0.15, -0.1) is 0 Å². The lowest BCUT2D eigenvalue weighted by Crippen LogP contribution is -2.35. The van der Waals surface area contributed by atoms with Crippen LogP contribution in [0.5, 0.6) is 0 Å². The van der Waals surface area contributed by atoms with Crippen molar-refractivity contribution < 1.29 is 9.59 Å². The summed E-state index contributed by atoms with van der Waals surface area (Å²) in [6.45, 7) is 2.03. The van der Waals surface area contributed by atoms with Gasteiger partial charge in [-0.3, -0.25) is 4.79 Å². The van der Waals surface area contributed by atoms with Crippen molar-refractivity contribution in [2.24, 2.45) is 5.92 Å². The highest BCUT2D eigenvalue weighted by molar-refractivity contribution is 5.85. The molecular weight excluding hydrogens is 156 g/mol. The SMILES string of the molecule is CNCC(CC(C)=O)C(=O)NC. The van der Waals surface area contributed by atoms with Crippen LogP contribution >= 0.6 is 0 Å². The Morgan fingerprint density at radius 2 is 1.92 bits per heavy atom. The number of hydrogen-bond acceptors (Lipinski definition) is 3. The lowest BCUT2D eigenvalue weighted by atomic mass is 10.0. The summed E-state index contributed by atoms with van der Waals surface area (Å²) in [6, 6.07) is 0. The van der Waals surface area contributed by atoms with Crippen LogP contribution in [0.15, 0.2) is 0 Å². The smallest absolute Gasteiger partial charge is 0.224 e. The number of carbonyl (C=O) groups is 2. The zero-order valence-corrected chi connectivity index (χ0v) is 7.81. The highest BCUT2D eigenvalue weighted by Gasteiger charge is 2.17. The number of rotatable bonds is 5. The summed E-state index contributed by atoms with van der Waals surface area (Å²) in [5.74, 6) is -0.282. The minimum absolute atomic E-state index is 0.0406. The largest absolute Gasteiger partial charge is 0.359 e. The number of amides is 1. The van der Waals surface area contributed by atoms with Crippen molar-refractivity contribution >= 4 is 11.7 Å². The van der Waals surface area contributed by atoms with Crippen LogP contribution in [0.3, 0.4) is 0 Å². The maximum atomic E-state index is 11.1. The van der Waals surface area contributed by atoms with Gasteiger partial charge in [-0.25, -0.2) is 0 Å². The molecule has 0 rings (SSSR count). The van der Waals surface area contributed by atoms with Crippen LogP contribution < -0.4 is 10.6 Å². The summed E-state index contributed by atoms with van der Waals surface area (Å²) in [6.07, 6.45) is 0.306. The average molecular weight is 172 g/mol. The molecule has 0 bridgehead atoms. The number of Topliss-reactive ketones (excluding diaryl/α,β-unsaturated/α-hetero) is 1. The van der Waals surface area contributed by atoms with Crippen LogP contribution in [0, 0.1) is 5.92 Å². The molecule has 4 heteroatoms. The molecule has 0 aromatic carbocycles. The molecule has 0 aliphatic rings. The van der Waals surface area contributed by atoms with Gasteiger partial charge in [-0.05, 0) is 14.0 Å². The van der Waals surface area contributed by atoms with Crippen molar-refractivity contribution in [2.75, 3.05) is 20.6 Å². The molecule has 0 fully saturated rings. The van der Waals surface area contributed by atoms with Crippen molar-refractivity contribution in [3.8, 4) is 0 Å². The molecule has 0 spiro atoms. The fraction of sp³-hybridized carbons (Fsp3) is 0.750. The second-order valence-corrected chi connectivity index (χ2v) is 2.77. The minimum atomic E-state index is -0.238. The van der Waals surface area contributed by atoms with Gasteiger partial charge in [0.15, 0.2) is 0 Å². The van der Waals surface area contributed by atoms with E-state index in [2.05, 4.69) is 10.6 Å². The third-order valence-electron chi connectivity index (χ3n) is 1.60. The van der Waals surface area contributed by atoms with Gasteiger partial charge in [-0.2, -0.15) is 0 Å². The van der Waals surface area contributed by atoms with Crippen LogP contribution in [-0.2, 0) is 9.59 Å². The van der Waals surface area contributed by atoms with Crippen LogP contribution in [0.2, 0.25) is 0 Å². The van der Waals surface area contributed by atoms with Crippen LogP contribution in [-0.4, -0.2) is 32.3 Å². The van der Waals surface area contributed by atoms with E-state index in [1.807, 2.05) is 0 Å². The van der Waals surface area contributed by atoms with E-state index in [9.17, 15) is 9.59 Å². The second-order valence-electron chi connectivity index (χ2n) is 2.77. The topological polar surface area (TPSA) is 58.2 Å². The van der Waals surface area contributed by atoms with E-state index >= 15 is 0 Å². The summed E-state index contributed by atoms with van der Waals surface area (Å²) in [5, 5.41) is 5.40. The van der Waals surface area contributed by atoms with E-state index in [1.54, 1.807) is 14.1 Å². The molecule has 0 radical (unpaired) electrons. The molecule has 4 nitrogen and oxygen atoms in total. The zero-order chi connectivity index (χ0) is 9.56. The van der Waals surface area contributed by atoms with E-state index in [4.69, 9.17) is 0 Å². The average Bonchev–Trinajstić information content (AvgIpc) is 2.01. The Morgan fingerprint density at radius 3 is 2.25 bits per heavy atom. The Kier molecular flexibility index (Phi) is 5.28. The summed E-state index contributed by atoms with van der Waals surface area (Å²) in [4.78, 5) is 21.9. The maximum Gasteiger partial charge on any atom is 0.224 e. The van der Waals surface area contributed by atoms with Gasteiger partial charge in [0.2, 0.25) is 5.91 Å². The molecule has 70 valence electrons.